The minimum absolute atomic E-state index is 0.0196. The monoisotopic (exact) mass is 528 g/mol. The molecule has 40 heavy (non-hydrogen) atoms. The van der Waals surface area contributed by atoms with Crippen molar-refractivity contribution in [3.63, 3.8) is 0 Å². The minimum Gasteiger partial charge on any atom is -0.507 e. The van der Waals surface area contributed by atoms with Gasteiger partial charge in [0.25, 0.3) is 0 Å². The number of fused-ring (bicyclic) bond motifs is 3. The van der Waals surface area contributed by atoms with Crippen LogP contribution in [0.3, 0.4) is 0 Å². The molecule has 4 heteroatoms. The smallest absolute Gasteiger partial charge is 0.124 e. The molecule has 4 nitrogen and oxygen atoms in total. The lowest BCUT2D eigenvalue weighted by Crippen LogP contribution is -1.93. The van der Waals surface area contributed by atoms with Gasteiger partial charge in [-0.05, 0) is 91.7 Å². The normalized spacial score (nSPS) is 11.8. The van der Waals surface area contributed by atoms with Crippen molar-refractivity contribution in [1.82, 2.24) is 0 Å². The Morgan fingerprint density at radius 2 is 0.675 bits per heavy atom. The van der Waals surface area contributed by atoms with E-state index >= 15 is 0 Å². The van der Waals surface area contributed by atoms with E-state index in [9.17, 15) is 20.4 Å². The second-order valence-electron chi connectivity index (χ2n) is 11.2. The van der Waals surface area contributed by atoms with Crippen molar-refractivity contribution in [3.05, 3.63) is 96.1 Å². The van der Waals surface area contributed by atoms with Crippen LogP contribution in [0.2, 0.25) is 0 Å². The standard InChI is InChI=1S/C36H32O4/c1-19(2)23-7-5-21-9-13-29(37)35(27(21)17-23)33-25-11-16-32(40)34(26(25)12-15-31(33)39)36-28-18-24(20(3)4)8-6-22(28)10-14-30(36)38/h5-20,37-40H,1-4H3. The molecular weight excluding hydrogens is 496 g/mol. The largest absolute Gasteiger partial charge is 0.507 e. The van der Waals surface area contributed by atoms with E-state index < -0.39 is 0 Å². The molecule has 0 saturated heterocycles. The molecule has 6 aromatic rings. The predicted octanol–water partition coefficient (Wildman–Crippen LogP) is 9.55. The maximum atomic E-state index is 11.3. The van der Waals surface area contributed by atoms with Gasteiger partial charge >= 0.3 is 0 Å². The fourth-order valence-electron chi connectivity index (χ4n) is 5.80. The molecule has 0 heterocycles. The molecule has 200 valence electrons. The van der Waals surface area contributed by atoms with Crippen molar-refractivity contribution >= 4 is 32.3 Å². The van der Waals surface area contributed by atoms with Crippen molar-refractivity contribution < 1.29 is 20.4 Å². The van der Waals surface area contributed by atoms with E-state index in [0.717, 1.165) is 32.7 Å². The van der Waals surface area contributed by atoms with Gasteiger partial charge in [0.15, 0.2) is 0 Å². The fourth-order valence-corrected chi connectivity index (χ4v) is 5.80. The third-order valence-corrected chi connectivity index (χ3v) is 8.04. The summed E-state index contributed by atoms with van der Waals surface area (Å²) in [6, 6.07) is 26.1. The summed E-state index contributed by atoms with van der Waals surface area (Å²) in [7, 11) is 0. The lowest BCUT2D eigenvalue weighted by molar-refractivity contribution is 0.469. The van der Waals surface area contributed by atoms with Crippen molar-refractivity contribution in [1.29, 1.82) is 0 Å². The molecule has 0 fully saturated rings. The molecule has 0 aliphatic rings. The van der Waals surface area contributed by atoms with Crippen LogP contribution in [0.4, 0.5) is 0 Å². The second-order valence-corrected chi connectivity index (χ2v) is 11.2. The van der Waals surface area contributed by atoms with E-state index in [-0.39, 0.29) is 34.8 Å². The summed E-state index contributed by atoms with van der Waals surface area (Å²) in [4.78, 5) is 0. The molecule has 0 bridgehead atoms. The molecule has 0 aliphatic carbocycles. The first kappa shape index (κ1) is 25.6. The summed E-state index contributed by atoms with van der Waals surface area (Å²) in [6.45, 7) is 8.48. The van der Waals surface area contributed by atoms with E-state index in [1.54, 1.807) is 36.4 Å². The summed E-state index contributed by atoms with van der Waals surface area (Å²) in [5.74, 6) is 0.724. The van der Waals surface area contributed by atoms with Gasteiger partial charge in [-0.1, -0.05) is 76.2 Å². The van der Waals surface area contributed by atoms with Crippen LogP contribution in [0, 0.1) is 0 Å². The van der Waals surface area contributed by atoms with Gasteiger partial charge in [-0.2, -0.15) is 0 Å². The van der Waals surface area contributed by atoms with Gasteiger partial charge in [0, 0.05) is 22.3 Å². The molecule has 0 unspecified atom stereocenters. The fraction of sp³-hybridized carbons (Fsp3) is 0.167. The molecule has 0 spiro atoms. The molecule has 0 radical (unpaired) electrons. The zero-order valence-electron chi connectivity index (χ0n) is 23.0. The van der Waals surface area contributed by atoms with Gasteiger partial charge in [-0.15, -0.1) is 0 Å². The van der Waals surface area contributed by atoms with Crippen LogP contribution in [0.1, 0.15) is 50.7 Å². The quantitative estimate of drug-likeness (QED) is 0.184. The number of aromatic hydroxyl groups is 4. The van der Waals surface area contributed by atoms with E-state index in [4.69, 9.17) is 0 Å². The highest BCUT2D eigenvalue weighted by Gasteiger charge is 2.22. The van der Waals surface area contributed by atoms with Gasteiger partial charge < -0.3 is 20.4 Å². The second kappa shape index (κ2) is 9.49. The van der Waals surface area contributed by atoms with Gasteiger partial charge in [0.1, 0.15) is 23.0 Å². The van der Waals surface area contributed by atoms with Crippen molar-refractivity contribution in [3.8, 4) is 45.3 Å². The molecular formula is C36H32O4. The molecule has 0 aromatic heterocycles. The highest BCUT2D eigenvalue weighted by atomic mass is 16.3. The number of phenols is 4. The van der Waals surface area contributed by atoms with Crippen LogP contribution in [0.25, 0.3) is 54.6 Å². The highest BCUT2D eigenvalue weighted by molar-refractivity contribution is 6.16. The van der Waals surface area contributed by atoms with Crippen molar-refractivity contribution in [2.24, 2.45) is 0 Å². The van der Waals surface area contributed by atoms with Gasteiger partial charge in [-0.3, -0.25) is 0 Å². The summed E-state index contributed by atoms with van der Waals surface area (Å²) in [6.07, 6.45) is 0. The summed E-state index contributed by atoms with van der Waals surface area (Å²) in [5.41, 5.74) is 4.27. The van der Waals surface area contributed by atoms with E-state index in [2.05, 4.69) is 52.0 Å². The molecule has 4 N–H and O–H groups in total. The minimum atomic E-state index is 0.0196. The first-order valence-corrected chi connectivity index (χ1v) is 13.6. The molecule has 6 aromatic carbocycles. The Balaban J connectivity index is 1.73. The number of benzene rings is 6. The van der Waals surface area contributed by atoms with Gasteiger partial charge in [-0.25, -0.2) is 0 Å². The molecule has 0 aliphatic heterocycles. The van der Waals surface area contributed by atoms with E-state index in [1.165, 1.54) is 0 Å². The summed E-state index contributed by atoms with van der Waals surface area (Å²) < 4.78 is 0. The molecule has 0 atom stereocenters. The van der Waals surface area contributed by atoms with Crippen LogP contribution < -0.4 is 0 Å². The number of phenolic OH excluding ortho intramolecular Hbond substituents is 4. The maximum Gasteiger partial charge on any atom is 0.124 e. The average Bonchev–Trinajstić information content (AvgIpc) is 2.93. The van der Waals surface area contributed by atoms with Gasteiger partial charge in [0.05, 0.1) is 0 Å². The van der Waals surface area contributed by atoms with Crippen LogP contribution in [0.15, 0.2) is 84.9 Å². The average molecular weight is 529 g/mol. The number of hydrogen-bond donors (Lipinski definition) is 4. The number of rotatable bonds is 4. The van der Waals surface area contributed by atoms with E-state index in [1.807, 2.05) is 24.3 Å². The van der Waals surface area contributed by atoms with Crippen molar-refractivity contribution in [2.45, 2.75) is 39.5 Å². The summed E-state index contributed by atoms with van der Waals surface area (Å²) in [5, 5.41) is 49.7. The Morgan fingerprint density at radius 1 is 0.375 bits per heavy atom. The zero-order valence-corrected chi connectivity index (χ0v) is 23.0. The van der Waals surface area contributed by atoms with E-state index in [0.29, 0.717) is 33.0 Å². The Bertz CT molecular complexity index is 1810. The van der Waals surface area contributed by atoms with Crippen LogP contribution in [-0.4, -0.2) is 20.4 Å². The van der Waals surface area contributed by atoms with Crippen molar-refractivity contribution in [2.75, 3.05) is 0 Å². The third-order valence-electron chi connectivity index (χ3n) is 8.04. The molecule has 0 saturated carbocycles. The lowest BCUT2D eigenvalue weighted by atomic mass is 9.86. The van der Waals surface area contributed by atoms with Gasteiger partial charge in [0.2, 0.25) is 0 Å². The van der Waals surface area contributed by atoms with Crippen LogP contribution >= 0.6 is 0 Å². The highest BCUT2D eigenvalue weighted by Crippen LogP contribution is 2.50. The first-order chi connectivity index (χ1) is 19.2. The zero-order chi connectivity index (χ0) is 28.3. The Morgan fingerprint density at radius 3 is 1.02 bits per heavy atom. The lowest BCUT2D eigenvalue weighted by Gasteiger charge is -2.19. The molecule has 0 amide bonds. The topological polar surface area (TPSA) is 80.9 Å². The van der Waals surface area contributed by atoms with Crippen LogP contribution in [0.5, 0.6) is 23.0 Å². The molecule has 6 rings (SSSR count). The third kappa shape index (κ3) is 3.99. The summed E-state index contributed by atoms with van der Waals surface area (Å²) >= 11 is 0. The number of hydrogen-bond acceptors (Lipinski definition) is 4. The Kier molecular flexibility index (Phi) is 6.07. The SMILES string of the molecule is CC(C)c1ccc2ccc(O)c(-c3c(O)ccc4c(-c5c(O)ccc6ccc(C(C)C)cc56)c(O)ccc34)c2c1. The maximum absolute atomic E-state index is 11.3. The predicted molar refractivity (Wildman–Crippen MR) is 165 cm³/mol. The Labute approximate surface area is 233 Å². The Hall–Kier alpha value is -4.70. The first-order valence-electron chi connectivity index (χ1n) is 13.6. The van der Waals surface area contributed by atoms with Crippen LogP contribution in [-0.2, 0) is 0 Å².